The van der Waals surface area contributed by atoms with E-state index in [1.807, 2.05) is 0 Å². The molecule has 20 heavy (non-hydrogen) atoms. The van der Waals surface area contributed by atoms with Gasteiger partial charge in [-0.25, -0.2) is 8.78 Å². The molecule has 6 heteroatoms. The van der Waals surface area contributed by atoms with Crippen LogP contribution in [0.2, 0.25) is 5.02 Å². The first-order chi connectivity index (χ1) is 9.43. The highest BCUT2D eigenvalue weighted by molar-refractivity contribution is 9.10. The molecule has 0 spiro atoms. The molecule has 0 aliphatic rings. The first-order valence-corrected chi connectivity index (χ1v) is 6.64. The molecule has 0 saturated heterocycles. The van der Waals surface area contributed by atoms with E-state index >= 15 is 0 Å². The number of ketones is 1. The summed E-state index contributed by atoms with van der Waals surface area (Å²) in [5.74, 6) is -1.51. The van der Waals surface area contributed by atoms with Crippen molar-refractivity contribution in [2.24, 2.45) is 0 Å². The normalized spacial score (nSPS) is 10.4. The molecule has 2 aromatic rings. The summed E-state index contributed by atoms with van der Waals surface area (Å²) in [5.41, 5.74) is 0.344. The van der Waals surface area contributed by atoms with E-state index in [-0.39, 0.29) is 26.4 Å². The highest BCUT2D eigenvalue weighted by atomic mass is 79.9. The Balaban J connectivity index is 2.52. The number of halogens is 4. The lowest BCUT2D eigenvalue weighted by atomic mass is 10.0. The number of carbonyl (C=O) groups excluding carboxylic acids is 1. The van der Waals surface area contributed by atoms with Gasteiger partial charge in [0.05, 0.1) is 22.2 Å². The maximum absolute atomic E-state index is 13.4. The Morgan fingerprint density at radius 2 is 1.90 bits per heavy atom. The van der Waals surface area contributed by atoms with Crippen LogP contribution in [0.3, 0.4) is 0 Å². The maximum Gasteiger partial charge on any atom is 0.196 e. The molecule has 2 rings (SSSR count). The summed E-state index contributed by atoms with van der Waals surface area (Å²) in [6.07, 6.45) is 0. The lowest BCUT2D eigenvalue weighted by Gasteiger charge is -2.09. The highest BCUT2D eigenvalue weighted by Gasteiger charge is 2.18. The van der Waals surface area contributed by atoms with Crippen LogP contribution in [0, 0.1) is 11.6 Å². The van der Waals surface area contributed by atoms with Gasteiger partial charge < -0.3 is 4.74 Å². The number of methoxy groups -OCH3 is 1. The summed E-state index contributed by atoms with van der Waals surface area (Å²) in [6, 6.07) is 6.03. The zero-order valence-electron chi connectivity index (χ0n) is 10.2. The van der Waals surface area contributed by atoms with Crippen molar-refractivity contribution in [3.8, 4) is 5.75 Å². The molecule has 0 aromatic heterocycles. The van der Waals surface area contributed by atoms with E-state index in [0.29, 0.717) is 0 Å². The minimum Gasteiger partial charge on any atom is -0.496 e. The van der Waals surface area contributed by atoms with Crippen molar-refractivity contribution < 1.29 is 18.3 Å². The second-order valence-corrected chi connectivity index (χ2v) is 5.19. The third kappa shape index (κ3) is 2.83. The summed E-state index contributed by atoms with van der Waals surface area (Å²) in [4.78, 5) is 12.3. The lowest BCUT2D eigenvalue weighted by molar-refractivity contribution is 0.103. The highest BCUT2D eigenvalue weighted by Crippen LogP contribution is 2.29. The second kappa shape index (κ2) is 5.89. The van der Waals surface area contributed by atoms with E-state index in [4.69, 9.17) is 16.3 Å². The SMILES string of the molecule is COc1cc(F)c(Br)cc1C(=O)c1ccc(F)c(Cl)c1. The van der Waals surface area contributed by atoms with Crippen molar-refractivity contribution in [2.75, 3.05) is 7.11 Å². The standard InChI is InChI=1S/C14H8BrClF2O2/c1-20-13-6-12(18)9(15)5-8(13)14(19)7-2-3-11(17)10(16)4-7/h2-6H,1H3. The van der Waals surface area contributed by atoms with E-state index in [9.17, 15) is 13.6 Å². The molecule has 0 atom stereocenters. The lowest BCUT2D eigenvalue weighted by Crippen LogP contribution is -2.05. The van der Waals surface area contributed by atoms with Crippen LogP contribution in [0.4, 0.5) is 8.78 Å². The maximum atomic E-state index is 13.4. The van der Waals surface area contributed by atoms with Crippen LogP contribution < -0.4 is 4.74 Å². The molecule has 0 saturated carbocycles. The molecule has 0 amide bonds. The molecular formula is C14H8BrClF2O2. The van der Waals surface area contributed by atoms with Gasteiger partial charge in [0.1, 0.15) is 17.4 Å². The van der Waals surface area contributed by atoms with Crippen LogP contribution >= 0.6 is 27.5 Å². The Bertz CT molecular complexity index is 689. The third-order valence-electron chi connectivity index (χ3n) is 2.67. The Hall–Kier alpha value is -1.46. The molecule has 0 N–H and O–H groups in total. The van der Waals surface area contributed by atoms with Crippen molar-refractivity contribution in [2.45, 2.75) is 0 Å². The molecule has 0 fully saturated rings. The molecule has 2 nitrogen and oxygen atoms in total. The van der Waals surface area contributed by atoms with Gasteiger partial charge in [0, 0.05) is 11.6 Å². The van der Waals surface area contributed by atoms with Gasteiger partial charge in [0.15, 0.2) is 5.78 Å². The number of benzene rings is 2. The zero-order chi connectivity index (χ0) is 14.9. The van der Waals surface area contributed by atoms with Gasteiger partial charge in [0.25, 0.3) is 0 Å². The fourth-order valence-electron chi connectivity index (χ4n) is 1.67. The summed E-state index contributed by atoms with van der Waals surface area (Å²) in [7, 11) is 1.33. The van der Waals surface area contributed by atoms with Gasteiger partial charge in [-0.3, -0.25) is 4.79 Å². The molecule has 104 valence electrons. The molecule has 0 aliphatic heterocycles. The van der Waals surface area contributed by atoms with Crippen molar-refractivity contribution >= 4 is 33.3 Å². The average Bonchev–Trinajstić information content (AvgIpc) is 2.43. The molecule has 0 radical (unpaired) electrons. The Morgan fingerprint density at radius 1 is 1.20 bits per heavy atom. The van der Waals surface area contributed by atoms with Crippen LogP contribution in [0.15, 0.2) is 34.8 Å². The monoisotopic (exact) mass is 360 g/mol. The predicted octanol–water partition coefficient (Wildman–Crippen LogP) is 4.62. The number of rotatable bonds is 3. The Kier molecular flexibility index (Phi) is 4.40. The first-order valence-electron chi connectivity index (χ1n) is 5.47. The van der Waals surface area contributed by atoms with Gasteiger partial charge in [-0.05, 0) is 40.2 Å². The average molecular weight is 362 g/mol. The zero-order valence-corrected chi connectivity index (χ0v) is 12.6. The van der Waals surface area contributed by atoms with Crippen LogP contribution in [0.5, 0.6) is 5.75 Å². The van der Waals surface area contributed by atoms with Crippen molar-refractivity contribution in [3.05, 3.63) is 62.6 Å². The molecule has 0 aliphatic carbocycles. The third-order valence-corrected chi connectivity index (χ3v) is 3.57. The quantitative estimate of drug-likeness (QED) is 0.746. The second-order valence-electron chi connectivity index (χ2n) is 3.92. The minimum atomic E-state index is -0.615. The van der Waals surface area contributed by atoms with E-state index in [0.717, 1.165) is 12.1 Å². The number of carbonyl (C=O) groups is 1. The first kappa shape index (κ1) is 14.9. The summed E-state index contributed by atoms with van der Waals surface area (Å²) in [5, 5.41) is -0.156. The Morgan fingerprint density at radius 3 is 2.50 bits per heavy atom. The van der Waals surface area contributed by atoms with Crippen LogP contribution in [-0.2, 0) is 0 Å². The van der Waals surface area contributed by atoms with Crippen molar-refractivity contribution in [1.29, 1.82) is 0 Å². The predicted molar refractivity (Wildman–Crippen MR) is 75.5 cm³/mol. The smallest absolute Gasteiger partial charge is 0.196 e. The number of ether oxygens (including phenoxy) is 1. The topological polar surface area (TPSA) is 26.3 Å². The fraction of sp³-hybridized carbons (Fsp3) is 0.0714. The largest absolute Gasteiger partial charge is 0.496 e. The van der Waals surface area contributed by atoms with Gasteiger partial charge in [0.2, 0.25) is 0 Å². The van der Waals surface area contributed by atoms with Crippen LogP contribution in [0.25, 0.3) is 0 Å². The fourth-order valence-corrected chi connectivity index (χ4v) is 2.19. The Labute approximate surface area is 127 Å². The van der Waals surface area contributed by atoms with Crippen LogP contribution in [-0.4, -0.2) is 12.9 Å². The minimum absolute atomic E-state index is 0.0937. The summed E-state index contributed by atoms with van der Waals surface area (Å²) in [6.45, 7) is 0. The van der Waals surface area contributed by atoms with Gasteiger partial charge in [-0.2, -0.15) is 0 Å². The number of hydrogen-bond acceptors (Lipinski definition) is 2. The van der Waals surface area contributed by atoms with Crippen LogP contribution in [0.1, 0.15) is 15.9 Å². The molecular weight excluding hydrogens is 354 g/mol. The van der Waals surface area contributed by atoms with E-state index < -0.39 is 17.4 Å². The molecule has 0 unspecified atom stereocenters. The summed E-state index contributed by atoms with van der Waals surface area (Å²) >= 11 is 8.66. The van der Waals surface area contributed by atoms with E-state index in [1.165, 1.54) is 25.3 Å². The molecule has 0 heterocycles. The molecule has 0 bridgehead atoms. The van der Waals surface area contributed by atoms with Gasteiger partial charge in [-0.1, -0.05) is 11.6 Å². The number of hydrogen-bond donors (Lipinski definition) is 0. The van der Waals surface area contributed by atoms with Gasteiger partial charge in [-0.15, -0.1) is 0 Å². The van der Waals surface area contributed by atoms with E-state index in [2.05, 4.69) is 15.9 Å². The van der Waals surface area contributed by atoms with Crippen molar-refractivity contribution in [3.63, 3.8) is 0 Å². The van der Waals surface area contributed by atoms with E-state index in [1.54, 1.807) is 0 Å². The van der Waals surface area contributed by atoms with Crippen molar-refractivity contribution in [1.82, 2.24) is 0 Å². The molecule has 2 aromatic carbocycles. The van der Waals surface area contributed by atoms with Gasteiger partial charge >= 0.3 is 0 Å². The summed E-state index contributed by atoms with van der Waals surface area (Å²) < 4.78 is 31.6.